The molecule has 0 spiro atoms. The predicted octanol–water partition coefficient (Wildman–Crippen LogP) is 5.86. The van der Waals surface area contributed by atoms with E-state index in [-0.39, 0.29) is 11.5 Å². The summed E-state index contributed by atoms with van der Waals surface area (Å²) < 4.78 is 8.07. The molecule has 1 unspecified atom stereocenters. The largest absolute Gasteiger partial charge is 0.493 e. The first-order valence-electron chi connectivity index (χ1n) is 13.3. The number of aromatic nitrogens is 3. The van der Waals surface area contributed by atoms with Gasteiger partial charge in [0.2, 0.25) is 11.1 Å². The molecule has 0 radical (unpaired) electrons. The van der Waals surface area contributed by atoms with Gasteiger partial charge in [0.15, 0.2) is 0 Å². The molecule has 1 amide bonds. The minimum absolute atomic E-state index is 0.143. The molecule has 0 saturated heterocycles. The van der Waals surface area contributed by atoms with Crippen LogP contribution in [0.2, 0.25) is 0 Å². The number of fused-ring (bicyclic) bond motifs is 4. The van der Waals surface area contributed by atoms with E-state index >= 15 is 0 Å². The standard InChI is InChI=1S/C30H32N4O3S/c1-4-6-18-37-25-17-16-21-12-8-9-13-22(21)26(25)29-33(20(3)35)24-15-11-10-14-23(24)27-28(36)31-30(32-34(27)29)38-19-7-5-2/h8-17,29H,4-7,18-19H2,1-3H3/p+1. The van der Waals surface area contributed by atoms with Crippen molar-refractivity contribution in [1.29, 1.82) is 0 Å². The van der Waals surface area contributed by atoms with Gasteiger partial charge < -0.3 is 4.74 Å². The highest BCUT2D eigenvalue weighted by Crippen LogP contribution is 2.42. The molecule has 8 heteroatoms. The van der Waals surface area contributed by atoms with Crippen LogP contribution in [0.15, 0.2) is 70.6 Å². The average Bonchev–Trinajstić information content (AvgIpc) is 2.92. The van der Waals surface area contributed by atoms with Gasteiger partial charge in [-0.1, -0.05) is 80.9 Å². The SMILES string of the molecule is CCCCOc1ccc2ccccc2c1C1N(C(C)=O)c2ccccc2-c2c(=O)[nH]c(SCCCC)n[n+]21. The number of carbonyl (C=O) groups excluding carboxylic acids is 1. The highest BCUT2D eigenvalue weighted by atomic mass is 32.2. The van der Waals surface area contributed by atoms with Crippen LogP contribution >= 0.6 is 11.8 Å². The maximum Gasteiger partial charge on any atom is 0.325 e. The van der Waals surface area contributed by atoms with E-state index in [1.165, 1.54) is 11.8 Å². The van der Waals surface area contributed by atoms with E-state index in [4.69, 9.17) is 9.84 Å². The number of para-hydroxylation sites is 1. The van der Waals surface area contributed by atoms with Gasteiger partial charge in [-0.25, -0.2) is 4.90 Å². The maximum absolute atomic E-state index is 13.6. The van der Waals surface area contributed by atoms with Crippen LogP contribution in [0.1, 0.15) is 58.2 Å². The van der Waals surface area contributed by atoms with E-state index in [2.05, 4.69) is 18.8 Å². The molecule has 1 aliphatic rings. The number of benzene rings is 3. The number of nitrogens with zero attached hydrogens (tertiary/aromatic N) is 3. The van der Waals surface area contributed by atoms with Crippen molar-refractivity contribution in [2.45, 2.75) is 57.8 Å². The van der Waals surface area contributed by atoms with Crippen molar-refractivity contribution in [3.63, 3.8) is 0 Å². The van der Waals surface area contributed by atoms with Crippen molar-refractivity contribution >= 4 is 34.1 Å². The molecule has 4 aromatic rings. The summed E-state index contributed by atoms with van der Waals surface area (Å²) in [5.41, 5.74) is 2.36. The molecule has 0 aliphatic carbocycles. The van der Waals surface area contributed by atoms with Gasteiger partial charge in [0, 0.05) is 17.8 Å². The second-order valence-corrected chi connectivity index (χ2v) is 10.5. The first-order chi connectivity index (χ1) is 18.5. The van der Waals surface area contributed by atoms with Crippen LogP contribution < -0.4 is 19.9 Å². The first kappa shape index (κ1) is 26.0. The summed E-state index contributed by atoms with van der Waals surface area (Å²) >= 11 is 1.52. The molecule has 1 aliphatic heterocycles. The van der Waals surface area contributed by atoms with Crippen molar-refractivity contribution in [3.05, 3.63) is 76.6 Å². The molecule has 5 rings (SSSR count). The molecular weight excluding hydrogens is 496 g/mol. The number of rotatable bonds is 9. The van der Waals surface area contributed by atoms with Gasteiger partial charge in [0.25, 0.3) is 6.17 Å². The molecule has 0 bridgehead atoms. The third-order valence-corrected chi connectivity index (χ3v) is 7.73. The molecule has 0 saturated carbocycles. The molecule has 1 aromatic heterocycles. The van der Waals surface area contributed by atoms with Crippen LogP contribution in [-0.2, 0) is 4.79 Å². The number of ether oxygens (including phenoxy) is 1. The van der Waals surface area contributed by atoms with Crippen LogP contribution in [0.5, 0.6) is 5.75 Å². The van der Waals surface area contributed by atoms with Crippen molar-refractivity contribution in [2.24, 2.45) is 0 Å². The number of H-pyrrole nitrogens is 1. The molecular formula is C30H33N4O3S+. The summed E-state index contributed by atoms with van der Waals surface area (Å²) in [5.74, 6) is 1.39. The number of carbonyl (C=O) groups is 1. The summed E-state index contributed by atoms with van der Waals surface area (Å²) in [6.45, 7) is 6.38. The van der Waals surface area contributed by atoms with Gasteiger partial charge in [-0.05, 0) is 46.5 Å². The summed E-state index contributed by atoms with van der Waals surface area (Å²) in [6.07, 6.45) is 3.29. The molecule has 2 heterocycles. The van der Waals surface area contributed by atoms with E-state index in [0.717, 1.165) is 47.8 Å². The minimum Gasteiger partial charge on any atom is -0.493 e. The van der Waals surface area contributed by atoms with E-state index in [1.54, 1.807) is 16.5 Å². The zero-order chi connectivity index (χ0) is 26.6. The Morgan fingerprint density at radius 2 is 1.82 bits per heavy atom. The van der Waals surface area contributed by atoms with E-state index in [9.17, 15) is 9.59 Å². The Labute approximate surface area is 226 Å². The number of amides is 1. The van der Waals surface area contributed by atoms with E-state index in [0.29, 0.717) is 34.5 Å². The fourth-order valence-corrected chi connectivity index (χ4v) is 5.88. The average molecular weight is 530 g/mol. The summed E-state index contributed by atoms with van der Waals surface area (Å²) in [4.78, 5) is 31.8. The van der Waals surface area contributed by atoms with Gasteiger partial charge in [0.1, 0.15) is 5.75 Å². The van der Waals surface area contributed by atoms with Gasteiger partial charge in [-0.3, -0.25) is 14.6 Å². The second-order valence-electron chi connectivity index (χ2n) is 9.43. The van der Waals surface area contributed by atoms with Crippen LogP contribution in [0.25, 0.3) is 22.0 Å². The molecule has 1 N–H and O–H groups in total. The molecule has 0 fully saturated rings. The first-order valence-corrected chi connectivity index (χ1v) is 14.3. The topological polar surface area (TPSA) is 79.2 Å². The minimum atomic E-state index is -0.701. The van der Waals surface area contributed by atoms with Crippen molar-refractivity contribution < 1.29 is 14.2 Å². The zero-order valence-electron chi connectivity index (χ0n) is 22.1. The zero-order valence-corrected chi connectivity index (χ0v) is 22.9. The van der Waals surface area contributed by atoms with Crippen molar-refractivity contribution in [3.8, 4) is 17.0 Å². The van der Waals surface area contributed by atoms with Crippen LogP contribution in [0, 0.1) is 0 Å². The molecule has 38 heavy (non-hydrogen) atoms. The maximum atomic E-state index is 13.6. The van der Waals surface area contributed by atoms with Crippen LogP contribution in [-0.4, -0.2) is 28.3 Å². The summed E-state index contributed by atoms with van der Waals surface area (Å²) in [7, 11) is 0. The highest BCUT2D eigenvalue weighted by molar-refractivity contribution is 7.99. The predicted molar refractivity (Wildman–Crippen MR) is 152 cm³/mol. The van der Waals surface area contributed by atoms with E-state index < -0.39 is 6.17 Å². The van der Waals surface area contributed by atoms with Gasteiger partial charge >= 0.3 is 11.3 Å². The number of thioether (sulfide) groups is 1. The Morgan fingerprint density at radius 1 is 1.05 bits per heavy atom. The summed E-state index contributed by atoms with van der Waals surface area (Å²) in [6, 6.07) is 19.6. The smallest absolute Gasteiger partial charge is 0.325 e. The number of hydrogen-bond acceptors (Lipinski definition) is 5. The lowest BCUT2D eigenvalue weighted by Gasteiger charge is -2.32. The Morgan fingerprint density at radius 3 is 2.61 bits per heavy atom. The fraction of sp³-hybridized carbons (Fsp3) is 0.333. The highest BCUT2D eigenvalue weighted by Gasteiger charge is 2.46. The number of nitrogens with one attached hydrogen (secondary N) is 1. The lowest BCUT2D eigenvalue weighted by Crippen LogP contribution is -2.60. The Hall–Kier alpha value is -3.65. The van der Waals surface area contributed by atoms with Crippen LogP contribution in [0.4, 0.5) is 5.69 Å². The number of hydrogen-bond donors (Lipinski definition) is 1. The molecule has 1 atom stereocenters. The van der Waals surface area contributed by atoms with Crippen molar-refractivity contribution in [1.82, 2.24) is 10.1 Å². The number of aromatic amines is 1. The van der Waals surface area contributed by atoms with Gasteiger partial charge in [-0.2, -0.15) is 0 Å². The summed E-state index contributed by atoms with van der Waals surface area (Å²) in [5, 5.41) is 7.47. The Kier molecular flexibility index (Phi) is 7.79. The lowest BCUT2D eigenvalue weighted by molar-refractivity contribution is -0.763. The third kappa shape index (κ3) is 4.80. The van der Waals surface area contributed by atoms with Crippen LogP contribution in [0.3, 0.4) is 0 Å². The molecule has 196 valence electrons. The lowest BCUT2D eigenvalue weighted by atomic mass is 9.96. The number of anilines is 1. The quantitative estimate of drug-likeness (QED) is 0.167. The third-order valence-electron chi connectivity index (χ3n) is 6.78. The number of unbranched alkanes of at least 4 members (excludes halogenated alkanes) is 2. The molecule has 7 nitrogen and oxygen atoms in total. The fourth-order valence-electron chi connectivity index (χ4n) is 4.95. The Balaban J connectivity index is 1.82. The van der Waals surface area contributed by atoms with Gasteiger partial charge in [-0.15, -0.1) is 0 Å². The second kappa shape index (κ2) is 11.4. The van der Waals surface area contributed by atoms with Crippen molar-refractivity contribution in [2.75, 3.05) is 17.3 Å². The molecule has 3 aromatic carbocycles. The van der Waals surface area contributed by atoms with Gasteiger partial charge in [0.05, 0.1) is 23.4 Å². The normalized spacial score (nSPS) is 14.3. The monoisotopic (exact) mass is 529 g/mol. The van der Waals surface area contributed by atoms with E-state index in [1.807, 2.05) is 60.7 Å². The Bertz CT molecular complexity index is 1530.